The van der Waals surface area contributed by atoms with Crippen molar-refractivity contribution in [3.8, 4) is 0 Å². The minimum atomic E-state index is -0.00988. The van der Waals surface area contributed by atoms with Crippen molar-refractivity contribution in [3.05, 3.63) is 22.2 Å². The number of rotatable bonds is 5. The van der Waals surface area contributed by atoms with Gasteiger partial charge in [0, 0.05) is 31.1 Å². The van der Waals surface area contributed by atoms with Crippen LogP contribution in [-0.2, 0) is 0 Å². The lowest BCUT2D eigenvalue weighted by molar-refractivity contribution is 0.378. The molecule has 1 aliphatic carbocycles. The van der Waals surface area contributed by atoms with Crippen molar-refractivity contribution < 1.29 is 0 Å². The van der Waals surface area contributed by atoms with Gasteiger partial charge in [0.2, 0.25) is 0 Å². The largest absolute Gasteiger partial charge is 0.356 e. The van der Waals surface area contributed by atoms with E-state index in [4.69, 9.17) is 4.98 Å². The van der Waals surface area contributed by atoms with Crippen LogP contribution in [0.5, 0.6) is 0 Å². The highest BCUT2D eigenvalue weighted by Gasteiger charge is 2.28. The summed E-state index contributed by atoms with van der Waals surface area (Å²) >= 11 is 0. The number of nitrogens with zero attached hydrogens (tertiary/aromatic N) is 2. The summed E-state index contributed by atoms with van der Waals surface area (Å²) in [5, 5.41) is 3.52. The Morgan fingerprint density at radius 1 is 1.43 bits per heavy atom. The normalized spacial score (nSPS) is 22.8. The summed E-state index contributed by atoms with van der Waals surface area (Å²) < 4.78 is 0. The number of piperidine rings is 1. The minimum Gasteiger partial charge on any atom is -0.356 e. The molecule has 116 valence electrons. The Morgan fingerprint density at radius 3 is 2.95 bits per heavy atom. The van der Waals surface area contributed by atoms with Gasteiger partial charge in [-0.05, 0) is 38.1 Å². The summed E-state index contributed by atoms with van der Waals surface area (Å²) in [7, 11) is 0. The summed E-state index contributed by atoms with van der Waals surface area (Å²) in [5.74, 6) is 2.89. The molecule has 1 aliphatic heterocycles. The molecule has 0 aromatic carbocycles. The Hall–Kier alpha value is -1.36. The Morgan fingerprint density at radius 2 is 2.24 bits per heavy atom. The highest BCUT2D eigenvalue weighted by molar-refractivity contribution is 5.38. The summed E-state index contributed by atoms with van der Waals surface area (Å²) in [6, 6.07) is 2.18. The first kappa shape index (κ1) is 14.6. The average molecular weight is 290 g/mol. The van der Waals surface area contributed by atoms with Gasteiger partial charge in [0.05, 0.1) is 0 Å². The number of hydrogen-bond acceptors (Lipinski definition) is 4. The van der Waals surface area contributed by atoms with Crippen LogP contribution in [0.25, 0.3) is 0 Å². The van der Waals surface area contributed by atoms with Crippen LogP contribution in [0, 0.1) is 5.92 Å². The van der Waals surface area contributed by atoms with Gasteiger partial charge < -0.3 is 15.2 Å². The highest BCUT2D eigenvalue weighted by Crippen LogP contribution is 2.38. The number of H-pyrrole nitrogens is 1. The molecule has 5 heteroatoms. The molecule has 0 spiro atoms. The van der Waals surface area contributed by atoms with E-state index in [9.17, 15) is 4.79 Å². The first-order chi connectivity index (χ1) is 10.1. The average Bonchev–Trinajstić information content (AvgIpc) is 3.29. The van der Waals surface area contributed by atoms with Crippen LogP contribution >= 0.6 is 0 Å². The quantitative estimate of drug-likeness (QED) is 0.869. The lowest BCUT2D eigenvalue weighted by Crippen LogP contribution is -2.41. The second-order valence-electron chi connectivity index (χ2n) is 6.78. The maximum atomic E-state index is 11.8. The molecule has 5 nitrogen and oxygen atoms in total. The first-order valence-electron chi connectivity index (χ1n) is 8.21. The number of aromatic amines is 1. The molecule has 1 saturated carbocycles. The van der Waals surface area contributed by atoms with E-state index in [0.717, 1.165) is 44.1 Å². The molecule has 1 saturated heterocycles. The van der Waals surface area contributed by atoms with Crippen molar-refractivity contribution >= 4 is 5.82 Å². The molecule has 2 aliphatic rings. The Bertz CT molecular complexity index is 535. The molecule has 0 radical (unpaired) electrons. The Balaban J connectivity index is 1.69. The lowest BCUT2D eigenvalue weighted by atomic mass is 9.97. The van der Waals surface area contributed by atoms with E-state index in [1.807, 2.05) is 0 Å². The molecule has 0 amide bonds. The molecule has 0 bridgehead atoms. The van der Waals surface area contributed by atoms with Gasteiger partial charge in [0.25, 0.3) is 5.56 Å². The molecular weight excluding hydrogens is 264 g/mol. The van der Waals surface area contributed by atoms with E-state index in [0.29, 0.717) is 17.9 Å². The zero-order valence-electron chi connectivity index (χ0n) is 13.1. The van der Waals surface area contributed by atoms with Crippen LogP contribution in [0.2, 0.25) is 0 Å². The predicted octanol–water partition coefficient (Wildman–Crippen LogP) is 1.86. The Kier molecular flexibility index (Phi) is 4.29. The van der Waals surface area contributed by atoms with Crippen LogP contribution in [-0.4, -0.2) is 35.6 Å². The molecule has 2 heterocycles. The fourth-order valence-corrected chi connectivity index (χ4v) is 3.02. The fourth-order valence-electron chi connectivity index (χ4n) is 3.02. The van der Waals surface area contributed by atoms with Crippen LogP contribution in [0.3, 0.4) is 0 Å². The summed E-state index contributed by atoms with van der Waals surface area (Å²) in [5.41, 5.74) is -0.00988. The van der Waals surface area contributed by atoms with Gasteiger partial charge >= 0.3 is 0 Å². The third-order valence-corrected chi connectivity index (χ3v) is 4.37. The SMILES string of the molecule is CC(C)NCC1CCCN(c2cc(=O)[nH]c(C3CC3)n2)C1. The summed E-state index contributed by atoms with van der Waals surface area (Å²) in [6.45, 7) is 7.42. The molecule has 2 fully saturated rings. The Labute approximate surface area is 126 Å². The molecule has 1 atom stereocenters. The van der Waals surface area contributed by atoms with Crippen molar-refractivity contribution in [2.75, 3.05) is 24.5 Å². The van der Waals surface area contributed by atoms with Gasteiger partial charge in [-0.1, -0.05) is 13.8 Å². The predicted molar refractivity (Wildman–Crippen MR) is 84.9 cm³/mol. The molecule has 2 N–H and O–H groups in total. The summed E-state index contributed by atoms with van der Waals surface area (Å²) in [6.07, 6.45) is 4.76. The van der Waals surface area contributed by atoms with Gasteiger partial charge in [0.1, 0.15) is 11.6 Å². The molecule has 1 aromatic heterocycles. The van der Waals surface area contributed by atoms with Gasteiger partial charge in [-0.2, -0.15) is 0 Å². The van der Waals surface area contributed by atoms with E-state index < -0.39 is 0 Å². The van der Waals surface area contributed by atoms with Gasteiger partial charge in [-0.15, -0.1) is 0 Å². The number of nitrogens with one attached hydrogen (secondary N) is 2. The number of anilines is 1. The van der Waals surface area contributed by atoms with Crippen molar-refractivity contribution in [1.82, 2.24) is 15.3 Å². The maximum Gasteiger partial charge on any atom is 0.252 e. The van der Waals surface area contributed by atoms with E-state index in [1.165, 1.54) is 12.8 Å². The van der Waals surface area contributed by atoms with Crippen LogP contribution in [0.1, 0.15) is 51.3 Å². The van der Waals surface area contributed by atoms with Gasteiger partial charge in [0.15, 0.2) is 0 Å². The van der Waals surface area contributed by atoms with Crippen molar-refractivity contribution in [2.45, 2.75) is 51.5 Å². The monoisotopic (exact) mass is 290 g/mol. The third kappa shape index (κ3) is 3.84. The topological polar surface area (TPSA) is 61.0 Å². The third-order valence-electron chi connectivity index (χ3n) is 4.37. The van der Waals surface area contributed by atoms with Crippen molar-refractivity contribution in [3.63, 3.8) is 0 Å². The van der Waals surface area contributed by atoms with E-state index >= 15 is 0 Å². The van der Waals surface area contributed by atoms with Crippen molar-refractivity contribution in [2.24, 2.45) is 5.92 Å². The minimum absolute atomic E-state index is 0.00988. The van der Waals surface area contributed by atoms with Gasteiger partial charge in [-0.25, -0.2) is 4.98 Å². The smallest absolute Gasteiger partial charge is 0.252 e. The van der Waals surface area contributed by atoms with E-state index in [1.54, 1.807) is 6.07 Å². The maximum absolute atomic E-state index is 11.8. The zero-order chi connectivity index (χ0) is 14.8. The lowest BCUT2D eigenvalue weighted by Gasteiger charge is -2.34. The van der Waals surface area contributed by atoms with Crippen LogP contribution < -0.4 is 15.8 Å². The molecular formula is C16H26N4O. The fraction of sp³-hybridized carbons (Fsp3) is 0.750. The van der Waals surface area contributed by atoms with E-state index in [-0.39, 0.29) is 5.56 Å². The first-order valence-corrected chi connectivity index (χ1v) is 8.21. The molecule has 1 aromatic rings. The molecule has 1 unspecified atom stereocenters. The van der Waals surface area contributed by atoms with Crippen molar-refractivity contribution in [1.29, 1.82) is 0 Å². The number of hydrogen-bond donors (Lipinski definition) is 2. The van der Waals surface area contributed by atoms with Crippen LogP contribution in [0.4, 0.5) is 5.82 Å². The highest BCUT2D eigenvalue weighted by atomic mass is 16.1. The summed E-state index contributed by atoms with van der Waals surface area (Å²) in [4.78, 5) is 21.7. The van der Waals surface area contributed by atoms with Crippen LogP contribution in [0.15, 0.2) is 10.9 Å². The van der Waals surface area contributed by atoms with Gasteiger partial charge in [-0.3, -0.25) is 4.79 Å². The second kappa shape index (κ2) is 6.18. The molecule has 3 rings (SSSR count). The van der Waals surface area contributed by atoms with E-state index in [2.05, 4.69) is 29.0 Å². The molecule has 21 heavy (non-hydrogen) atoms. The second-order valence-corrected chi connectivity index (χ2v) is 6.78. The standard InChI is InChI=1S/C16H26N4O/c1-11(2)17-9-12-4-3-7-20(10-12)14-8-15(21)19-16(18-14)13-5-6-13/h8,11-13,17H,3-7,9-10H2,1-2H3,(H,18,19,21). The number of aromatic nitrogens is 2. The zero-order valence-corrected chi connectivity index (χ0v) is 13.1.